The van der Waals surface area contributed by atoms with Gasteiger partial charge >= 0.3 is 0 Å². The van der Waals surface area contributed by atoms with Crippen LogP contribution < -0.4 is 0 Å². The van der Waals surface area contributed by atoms with Gasteiger partial charge in [0, 0.05) is 45.0 Å². The molecule has 1 saturated heterocycles. The van der Waals surface area contributed by atoms with Gasteiger partial charge in [0.15, 0.2) is 0 Å². The zero-order chi connectivity index (χ0) is 20.0. The monoisotopic (exact) mass is 401 g/mol. The van der Waals surface area contributed by atoms with Crippen molar-refractivity contribution in [3.05, 3.63) is 59.9 Å². The number of benzene rings is 1. The van der Waals surface area contributed by atoms with Crippen LogP contribution in [0.1, 0.15) is 30.9 Å². The van der Waals surface area contributed by atoms with Crippen molar-refractivity contribution in [3.8, 4) is 0 Å². The minimum Gasteiger partial charge on any atom is -0.340 e. The minimum atomic E-state index is -3.51. The molecule has 1 aliphatic heterocycles. The number of aromatic nitrogens is 1. The Labute approximate surface area is 167 Å². The van der Waals surface area contributed by atoms with Gasteiger partial charge in [-0.2, -0.15) is 4.31 Å². The Bertz CT molecular complexity index is 875. The molecule has 7 heteroatoms. The van der Waals surface area contributed by atoms with E-state index in [0.29, 0.717) is 43.9 Å². The quantitative estimate of drug-likeness (QED) is 0.715. The average Bonchev–Trinajstić information content (AvgIpc) is 2.73. The van der Waals surface area contributed by atoms with E-state index in [-0.39, 0.29) is 5.91 Å². The highest BCUT2D eigenvalue weighted by Crippen LogP contribution is 2.19. The second-order valence-electron chi connectivity index (χ2n) is 7.04. The highest BCUT2D eigenvalue weighted by atomic mass is 32.2. The molecule has 0 spiro atoms. The maximum Gasteiger partial charge on any atom is 0.243 e. The molecular weight excluding hydrogens is 374 g/mol. The molecule has 0 radical (unpaired) electrons. The summed E-state index contributed by atoms with van der Waals surface area (Å²) in [6.45, 7) is 3.62. The lowest BCUT2D eigenvalue weighted by Gasteiger charge is -2.34. The molecule has 1 aromatic carbocycles. The first-order valence-corrected chi connectivity index (χ1v) is 11.2. The first kappa shape index (κ1) is 20.5. The van der Waals surface area contributed by atoms with Gasteiger partial charge < -0.3 is 4.90 Å². The topological polar surface area (TPSA) is 70.6 Å². The Kier molecular flexibility index (Phi) is 6.80. The molecule has 1 aromatic heterocycles. The normalized spacial score (nSPS) is 15.5. The number of sulfonamides is 1. The van der Waals surface area contributed by atoms with Crippen LogP contribution in [-0.2, 0) is 27.7 Å². The lowest BCUT2D eigenvalue weighted by Crippen LogP contribution is -2.50. The fourth-order valence-electron chi connectivity index (χ4n) is 3.40. The number of carbonyl (C=O) groups excluding carboxylic acids is 1. The fraction of sp³-hybridized carbons (Fsp3) is 0.429. The number of aryl methyl sites for hydroxylation is 2. The van der Waals surface area contributed by atoms with Crippen LogP contribution >= 0.6 is 0 Å². The molecule has 0 aliphatic carbocycles. The summed E-state index contributed by atoms with van der Waals surface area (Å²) in [6.07, 6.45) is 6.52. The number of hydrogen-bond acceptors (Lipinski definition) is 4. The molecule has 2 aromatic rings. The molecule has 1 amide bonds. The van der Waals surface area contributed by atoms with Gasteiger partial charge in [0.1, 0.15) is 0 Å². The van der Waals surface area contributed by atoms with Gasteiger partial charge in [-0.15, -0.1) is 0 Å². The molecule has 28 heavy (non-hydrogen) atoms. The molecule has 150 valence electrons. The summed E-state index contributed by atoms with van der Waals surface area (Å²) < 4.78 is 27.2. The Morgan fingerprint density at radius 3 is 2.32 bits per heavy atom. The average molecular weight is 402 g/mol. The van der Waals surface area contributed by atoms with E-state index in [1.54, 1.807) is 29.4 Å². The van der Waals surface area contributed by atoms with Crippen LogP contribution in [0.15, 0.2) is 53.7 Å². The SMILES string of the molecule is CCCc1ccc(S(=O)(=O)N2CCN(C(=O)CCc3cccnc3)CC2)cc1. The molecule has 1 aliphatic rings. The molecule has 1 fully saturated rings. The molecule has 6 nitrogen and oxygen atoms in total. The maximum atomic E-state index is 12.9. The third-order valence-corrected chi connectivity index (χ3v) is 6.95. The lowest BCUT2D eigenvalue weighted by atomic mass is 10.1. The van der Waals surface area contributed by atoms with E-state index < -0.39 is 10.0 Å². The van der Waals surface area contributed by atoms with E-state index in [2.05, 4.69) is 11.9 Å². The van der Waals surface area contributed by atoms with Gasteiger partial charge in [-0.25, -0.2) is 8.42 Å². The number of hydrogen-bond donors (Lipinski definition) is 0. The van der Waals surface area contributed by atoms with E-state index in [9.17, 15) is 13.2 Å². The first-order valence-electron chi connectivity index (χ1n) is 9.76. The van der Waals surface area contributed by atoms with Gasteiger partial charge in [0.2, 0.25) is 15.9 Å². The van der Waals surface area contributed by atoms with Gasteiger partial charge in [-0.3, -0.25) is 9.78 Å². The molecule has 2 heterocycles. The third kappa shape index (κ3) is 4.97. The number of rotatable bonds is 7. The second-order valence-corrected chi connectivity index (χ2v) is 8.98. The van der Waals surface area contributed by atoms with Crippen LogP contribution in [0.5, 0.6) is 0 Å². The standard InChI is InChI=1S/C21H27N3O3S/c1-2-4-18-6-9-20(10-7-18)28(26,27)24-15-13-23(14-16-24)21(25)11-8-19-5-3-12-22-17-19/h3,5-7,9-10,12,17H,2,4,8,11,13-16H2,1H3. The Balaban J connectivity index is 1.54. The number of amides is 1. The van der Waals surface area contributed by atoms with E-state index in [0.717, 1.165) is 24.0 Å². The Morgan fingerprint density at radius 1 is 1.00 bits per heavy atom. The van der Waals surface area contributed by atoms with Gasteiger partial charge in [-0.05, 0) is 42.2 Å². The second kappa shape index (κ2) is 9.30. The van der Waals surface area contributed by atoms with Crippen molar-refractivity contribution in [1.29, 1.82) is 0 Å². The predicted molar refractivity (Wildman–Crippen MR) is 108 cm³/mol. The van der Waals surface area contributed by atoms with Crippen LogP contribution in [-0.4, -0.2) is 54.7 Å². The van der Waals surface area contributed by atoms with Crippen molar-refractivity contribution in [2.75, 3.05) is 26.2 Å². The van der Waals surface area contributed by atoms with Crippen LogP contribution in [0.4, 0.5) is 0 Å². The maximum absolute atomic E-state index is 12.9. The van der Waals surface area contributed by atoms with Crippen LogP contribution in [0.25, 0.3) is 0 Å². The summed E-state index contributed by atoms with van der Waals surface area (Å²) in [7, 11) is -3.51. The highest BCUT2D eigenvalue weighted by molar-refractivity contribution is 7.89. The van der Waals surface area contributed by atoms with E-state index in [1.165, 1.54) is 4.31 Å². The number of nitrogens with zero attached hydrogens (tertiary/aromatic N) is 3. The zero-order valence-electron chi connectivity index (χ0n) is 16.3. The zero-order valence-corrected chi connectivity index (χ0v) is 17.1. The van der Waals surface area contributed by atoms with Crippen LogP contribution in [0.2, 0.25) is 0 Å². The first-order chi connectivity index (χ1) is 13.5. The summed E-state index contributed by atoms with van der Waals surface area (Å²) in [5.41, 5.74) is 2.18. The van der Waals surface area contributed by atoms with E-state index in [1.807, 2.05) is 24.3 Å². The Morgan fingerprint density at radius 2 is 1.71 bits per heavy atom. The fourth-order valence-corrected chi connectivity index (χ4v) is 4.82. The van der Waals surface area contributed by atoms with Crippen molar-refractivity contribution in [2.45, 2.75) is 37.5 Å². The lowest BCUT2D eigenvalue weighted by molar-refractivity contribution is -0.132. The van der Waals surface area contributed by atoms with Gasteiger partial charge in [0.25, 0.3) is 0 Å². The molecule has 0 bridgehead atoms. The molecular formula is C21H27N3O3S. The third-order valence-electron chi connectivity index (χ3n) is 5.04. The molecule has 0 N–H and O–H groups in total. The predicted octanol–water partition coefficient (Wildman–Crippen LogP) is 2.50. The molecule has 0 saturated carbocycles. The number of pyridine rings is 1. The molecule has 3 rings (SSSR count). The minimum absolute atomic E-state index is 0.0600. The summed E-state index contributed by atoms with van der Waals surface area (Å²) in [5, 5.41) is 0. The van der Waals surface area contributed by atoms with Crippen molar-refractivity contribution in [2.24, 2.45) is 0 Å². The summed E-state index contributed by atoms with van der Waals surface area (Å²) in [6, 6.07) is 11.0. The largest absolute Gasteiger partial charge is 0.340 e. The van der Waals surface area contributed by atoms with E-state index in [4.69, 9.17) is 0 Å². The summed E-state index contributed by atoms with van der Waals surface area (Å²) >= 11 is 0. The van der Waals surface area contributed by atoms with Gasteiger partial charge in [-0.1, -0.05) is 31.5 Å². The van der Waals surface area contributed by atoms with Gasteiger partial charge in [0.05, 0.1) is 4.90 Å². The Hall–Kier alpha value is -2.25. The summed E-state index contributed by atoms with van der Waals surface area (Å²) in [4.78, 5) is 18.6. The van der Waals surface area contributed by atoms with Crippen molar-refractivity contribution in [1.82, 2.24) is 14.2 Å². The van der Waals surface area contributed by atoms with E-state index >= 15 is 0 Å². The molecule has 0 atom stereocenters. The summed E-state index contributed by atoms with van der Waals surface area (Å²) in [5.74, 6) is 0.0600. The van der Waals surface area contributed by atoms with Crippen molar-refractivity contribution >= 4 is 15.9 Å². The van der Waals surface area contributed by atoms with Crippen LogP contribution in [0, 0.1) is 0 Å². The highest BCUT2D eigenvalue weighted by Gasteiger charge is 2.29. The van der Waals surface area contributed by atoms with Crippen molar-refractivity contribution < 1.29 is 13.2 Å². The number of piperazine rings is 1. The smallest absolute Gasteiger partial charge is 0.243 e. The number of carbonyl (C=O) groups is 1. The van der Waals surface area contributed by atoms with Crippen molar-refractivity contribution in [3.63, 3.8) is 0 Å². The van der Waals surface area contributed by atoms with Crippen LogP contribution in [0.3, 0.4) is 0 Å². The molecule has 0 unspecified atom stereocenters.